The summed E-state index contributed by atoms with van der Waals surface area (Å²) in [4.78, 5) is 57.7. The fraction of sp³-hybridized carbons (Fsp3) is 0.650. The van der Waals surface area contributed by atoms with Crippen LogP contribution in [0.5, 0.6) is 0 Å². The van der Waals surface area contributed by atoms with E-state index in [0.29, 0.717) is 5.75 Å². The average molecular weight is 476 g/mol. The Morgan fingerprint density at radius 1 is 1.06 bits per heavy atom. The van der Waals surface area contributed by atoms with E-state index in [4.69, 9.17) is 23.7 Å². The summed E-state index contributed by atoms with van der Waals surface area (Å²) in [6, 6.07) is -0.873. The van der Waals surface area contributed by atoms with Crippen LogP contribution in [0.1, 0.15) is 34.6 Å². The standard InChI is InChI=1S/C20H29NO10S/c1-7-32-20(19(26)27-6)9-8-15(21-11(2)22)17(31-20)18(30-14(5)25)16(29-13(4)24)10-28-12(3)23/h8-9,15-18H,7,10H2,1-6H3,(H,21,22)/t15-,16-,17-,18-,20+/m1/s1. The molecule has 1 rings (SSSR count). The molecule has 0 aromatic carbocycles. The summed E-state index contributed by atoms with van der Waals surface area (Å²) in [5.41, 5.74) is 0. The van der Waals surface area contributed by atoms with Gasteiger partial charge in [0.25, 0.3) is 0 Å². The number of ether oxygens (including phenoxy) is 5. The molecule has 0 aromatic rings. The predicted molar refractivity (Wildman–Crippen MR) is 112 cm³/mol. The first-order chi connectivity index (χ1) is 15.0. The monoisotopic (exact) mass is 475 g/mol. The van der Waals surface area contributed by atoms with Gasteiger partial charge in [0.2, 0.25) is 10.8 Å². The summed E-state index contributed by atoms with van der Waals surface area (Å²) >= 11 is 1.11. The highest BCUT2D eigenvalue weighted by atomic mass is 32.2. The normalized spacial score (nSPS) is 23.9. The largest absolute Gasteiger partial charge is 0.466 e. The lowest BCUT2D eigenvalue weighted by Gasteiger charge is -2.42. The van der Waals surface area contributed by atoms with Crippen LogP contribution in [-0.2, 0) is 47.7 Å². The maximum absolute atomic E-state index is 12.6. The first-order valence-corrected chi connectivity index (χ1v) is 10.8. The van der Waals surface area contributed by atoms with Crippen LogP contribution in [0.15, 0.2) is 12.2 Å². The first-order valence-electron chi connectivity index (χ1n) is 9.80. The van der Waals surface area contributed by atoms with Crippen LogP contribution in [0.4, 0.5) is 0 Å². The minimum absolute atomic E-state index is 0.424. The van der Waals surface area contributed by atoms with E-state index in [1.807, 2.05) is 0 Å². The molecule has 180 valence electrons. The second-order valence-corrected chi connectivity index (χ2v) is 8.26. The molecule has 11 nitrogen and oxygen atoms in total. The molecule has 1 N–H and O–H groups in total. The zero-order valence-electron chi connectivity index (χ0n) is 18.9. The molecule has 1 amide bonds. The molecule has 0 spiro atoms. The molecule has 0 unspecified atom stereocenters. The van der Waals surface area contributed by atoms with Gasteiger partial charge in [-0.2, -0.15) is 0 Å². The summed E-state index contributed by atoms with van der Waals surface area (Å²) < 4.78 is 26.6. The average Bonchev–Trinajstić information content (AvgIpc) is 2.69. The number of rotatable bonds is 10. The molecule has 0 fully saturated rings. The Kier molecular flexibility index (Phi) is 10.7. The van der Waals surface area contributed by atoms with E-state index >= 15 is 0 Å². The number of carbonyl (C=O) groups excluding carboxylic acids is 5. The number of methoxy groups -OCH3 is 1. The second kappa shape index (κ2) is 12.4. The summed E-state index contributed by atoms with van der Waals surface area (Å²) in [6.07, 6.45) is -0.871. The molecule has 0 saturated heterocycles. The highest BCUT2D eigenvalue weighted by Gasteiger charge is 2.51. The van der Waals surface area contributed by atoms with Crippen LogP contribution in [0.3, 0.4) is 0 Å². The summed E-state index contributed by atoms with van der Waals surface area (Å²) in [7, 11) is 1.19. The van der Waals surface area contributed by atoms with Gasteiger partial charge in [-0.15, -0.1) is 11.8 Å². The molecule has 5 atom stereocenters. The smallest absolute Gasteiger partial charge is 0.353 e. The number of nitrogens with one attached hydrogen (secondary N) is 1. The van der Waals surface area contributed by atoms with Gasteiger partial charge >= 0.3 is 23.9 Å². The summed E-state index contributed by atoms with van der Waals surface area (Å²) in [6.45, 7) is 6.04. The third-order valence-electron chi connectivity index (χ3n) is 4.15. The van der Waals surface area contributed by atoms with Gasteiger partial charge in [0, 0.05) is 27.7 Å². The number of hydrogen-bond acceptors (Lipinski definition) is 11. The Morgan fingerprint density at radius 3 is 2.16 bits per heavy atom. The molecule has 1 aliphatic heterocycles. The zero-order chi connectivity index (χ0) is 24.5. The van der Waals surface area contributed by atoms with Crippen LogP contribution < -0.4 is 5.32 Å². The van der Waals surface area contributed by atoms with Gasteiger partial charge in [0.05, 0.1) is 13.2 Å². The maximum Gasteiger partial charge on any atom is 0.353 e. The fourth-order valence-electron chi connectivity index (χ4n) is 3.06. The molecule has 1 heterocycles. The van der Waals surface area contributed by atoms with Crippen molar-refractivity contribution in [2.75, 3.05) is 19.5 Å². The first kappa shape index (κ1) is 27.4. The van der Waals surface area contributed by atoms with Crippen molar-refractivity contribution in [3.63, 3.8) is 0 Å². The van der Waals surface area contributed by atoms with Gasteiger partial charge in [-0.25, -0.2) is 4.79 Å². The van der Waals surface area contributed by atoms with E-state index in [1.165, 1.54) is 26.2 Å². The highest BCUT2D eigenvalue weighted by Crippen LogP contribution is 2.37. The second-order valence-electron chi connectivity index (χ2n) is 6.78. The lowest BCUT2D eigenvalue weighted by Crippen LogP contribution is -2.60. The minimum Gasteiger partial charge on any atom is -0.466 e. The number of esters is 4. The Hall–Kier alpha value is -2.60. The van der Waals surface area contributed by atoms with Crippen molar-refractivity contribution in [2.24, 2.45) is 0 Å². The van der Waals surface area contributed by atoms with Crippen LogP contribution in [0.2, 0.25) is 0 Å². The Bertz CT molecular complexity index is 755. The van der Waals surface area contributed by atoms with Gasteiger partial charge in [-0.05, 0) is 11.8 Å². The molecule has 0 aliphatic carbocycles. The molecule has 0 saturated carbocycles. The van der Waals surface area contributed by atoms with Crippen molar-refractivity contribution in [2.45, 2.75) is 63.9 Å². The minimum atomic E-state index is -1.61. The van der Waals surface area contributed by atoms with E-state index in [2.05, 4.69) is 5.32 Å². The maximum atomic E-state index is 12.6. The van der Waals surface area contributed by atoms with Gasteiger partial charge in [0.15, 0.2) is 12.2 Å². The number of hydrogen-bond donors (Lipinski definition) is 1. The van der Waals surface area contributed by atoms with E-state index in [0.717, 1.165) is 32.5 Å². The molecule has 12 heteroatoms. The molecular formula is C20H29NO10S. The SMILES string of the molecule is CCS[C@]1(C(=O)OC)C=C[C@@H](NC(C)=O)[C@H]([C@H](OC(C)=O)[C@@H](COC(C)=O)OC(C)=O)O1. The molecule has 0 radical (unpaired) electrons. The number of carbonyl (C=O) groups is 5. The Morgan fingerprint density at radius 2 is 1.69 bits per heavy atom. The van der Waals surface area contributed by atoms with Crippen molar-refractivity contribution in [1.29, 1.82) is 0 Å². The van der Waals surface area contributed by atoms with Crippen molar-refractivity contribution < 1.29 is 47.7 Å². The molecule has 1 aliphatic rings. The highest BCUT2D eigenvalue weighted by molar-refractivity contribution is 8.01. The van der Waals surface area contributed by atoms with Crippen molar-refractivity contribution >= 4 is 41.5 Å². The summed E-state index contributed by atoms with van der Waals surface area (Å²) in [5, 5.41) is 2.64. The fourth-order valence-corrected chi connectivity index (χ4v) is 4.04. The molecule has 0 aromatic heterocycles. The third-order valence-corrected chi connectivity index (χ3v) is 5.26. The van der Waals surface area contributed by atoms with Crippen molar-refractivity contribution in [3.05, 3.63) is 12.2 Å². The van der Waals surface area contributed by atoms with E-state index in [1.54, 1.807) is 6.92 Å². The van der Waals surface area contributed by atoms with Gasteiger partial charge in [-0.1, -0.05) is 13.0 Å². The number of amides is 1. The number of thioether (sulfide) groups is 1. The van der Waals surface area contributed by atoms with Gasteiger partial charge in [-0.3, -0.25) is 19.2 Å². The molecule has 0 bridgehead atoms. The van der Waals surface area contributed by atoms with Crippen molar-refractivity contribution in [3.8, 4) is 0 Å². The van der Waals surface area contributed by atoms with Crippen molar-refractivity contribution in [1.82, 2.24) is 5.32 Å². The van der Waals surface area contributed by atoms with Gasteiger partial charge < -0.3 is 29.0 Å². The topological polar surface area (TPSA) is 144 Å². The Labute approximate surface area is 190 Å². The van der Waals surface area contributed by atoms with E-state index < -0.39 is 65.7 Å². The third kappa shape index (κ3) is 7.83. The molecular weight excluding hydrogens is 446 g/mol. The lowest BCUT2D eigenvalue weighted by molar-refractivity contribution is -0.197. The molecule has 32 heavy (non-hydrogen) atoms. The van der Waals surface area contributed by atoms with Crippen LogP contribution in [0, 0.1) is 0 Å². The zero-order valence-corrected chi connectivity index (χ0v) is 19.7. The van der Waals surface area contributed by atoms with Crippen LogP contribution in [-0.4, -0.2) is 78.5 Å². The quantitative estimate of drug-likeness (QED) is 0.268. The predicted octanol–water partition coefficient (Wildman–Crippen LogP) is 0.495. The van der Waals surface area contributed by atoms with Crippen LogP contribution >= 0.6 is 11.8 Å². The lowest BCUT2D eigenvalue weighted by atomic mass is 9.96. The summed E-state index contributed by atoms with van der Waals surface area (Å²) in [5.74, 6) is -2.83. The van der Waals surface area contributed by atoms with E-state index in [9.17, 15) is 24.0 Å². The Balaban J connectivity index is 3.52. The van der Waals surface area contributed by atoms with Crippen LogP contribution in [0.25, 0.3) is 0 Å². The van der Waals surface area contributed by atoms with E-state index in [-0.39, 0.29) is 0 Å². The van der Waals surface area contributed by atoms with Gasteiger partial charge in [0.1, 0.15) is 12.7 Å².